The smallest absolute Gasteiger partial charge is 0.264 e. The number of para-hydroxylation sites is 1. The standard InChI is InChI=1S/C26H27N3O3S/c1-4-28(20(3)22-16-14-21(19-27)15-17-22)26(30)23-10-9-13-25(18-23)33(31,32)29(5-2)24-11-7-6-8-12-24/h6-18,20H,4-5H2,1-3H3. The molecule has 0 bridgehead atoms. The van der Waals surface area contributed by atoms with Gasteiger partial charge in [-0.1, -0.05) is 36.4 Å². The quantitative estimate of drug-likeness (QED) is 0.473. The fraction of sp³-hybridized carbons (Fsp3) is 0.231. The zero-order valence-corrected chi connectivity index (χ0v) is 19.8. The molecule has 1 unspecified atom stereocenters. The summed E-state index contributed by atoms with van der Waals surface area (Å²) in [6.45, 7) is 6.28. The third-order valence-corrected chi connectivity index (χ3v) is 7.49. The van der Waals surface area contributed by atoms with Crippen LogP contribution in [0, 0.1) is 11.3 Å². The molecule has 3 rings (SSSR count). The average Bonchev–Trinajstić information content (AvgIpc) is 2.85. The van der Waals surface area contributed by atoms with Gasteiger partial charge in [0.05, 0.1) is 28.3 Å². The summed E-state index contributed by atoms with van der Waals surface area (Å²) in [6.07, 6.45) is 0. The van der Waals surface area contributed by atoms with Crippen molar-refractivity contribution in [2.24, 2.45) is 0 Å². The predicted molar refractivity (Wildman–Crippen MR) is 129 cm³/mol. The highest BCUT2D eigenvalue weighted by Gasteiger charge is 2.26. The van der Waals surface area contributed by atoms with Crippen molar-refractivity contribution in [3.05, 3.63) is 95.6 Å². The van der Waals surface area contributed by atoms with Crippen molar-refractivity contribution in [2.75, 3.05) is 17.4 Å². The molecule has 0 fully saturated rings. The van der Waals surface area contributed by atoms with Gasteiger partial charge in [-0.25, -0.2) is 8.42 Å². The number of sulfonamides is 1. The zero-order chi connectivity index (χ0) is 24.0. The summed E-state index contributed by atoms with van der Waals surface area (Å²) in [5.41, 5.74) is 2.33. The van der Waals surface area contributed by atoms with Crippen LogP contribution in [0.3, 0.4) is 0 Å². The second-order valence-electron chi connectivity index (χ2n) is 7.53. The SMILES string of the molecule is CCN(C(=O)c1cccc(S(=O)(=O)N(CC)c2ccccc2)c1)C(C)c1ccc(C#N)cc1. The van der Waals surface area contributed by atoms with Crippen LogP contribution in [0.25, 0.3) is 0 Å². The van der Waals surface area contributed by atoms with Crippen LogP contribution in [0.4, 0.5) is 5.69 Å². The Balaban J connectivity index is 1.92. The van der Waals surface area contributed by atoms with Gasteiger partial charge in [0, 0.05) is 18.7 Å². The lowest BCUT2D eigenvalue weighted by molar-refractivity contribution is 0.0702. The molecule has 0 N–H and O–H groups in total. The highest BCUT2D eigenvalue weighted by molar-refractivity contribution is 7.92. The van der Waals surface area contributed by atoms with E-state index in [4.69, 9.17) is 5.26 Å². The van der Waals surface area contributed by atoms with Crippen molar-refractivity contribution < 1.29 is 13.2 Å². The van der Waals surface area contributed by atoms with E-state index in [1.54, 1.807) is 60.4 Å². The molecule has 3 aromatic rings. The molecule has 0 radical (unpaired) electrons. The molecule has 0 heterocycles. The van der Waals surface area contributed by atoms with Gasteiger partial charge in [0.2, 0.25) is 0 Å². The van der Waals surface area contributed by atoms with E-state index in [1.165, 1.54) is 16.4 Å². The van der Waals surface area contributed by atoms with E-state index in [2.05, 4.69) is 6.07 Å². The Morgan fingerprint density at radius 1 is 0.939 bits per heavy atom. The lowest BCUT2D eigenvalue weighted by atomic mass is 10.0. The van der Waals surface area contributed by atoms with Crippen molar-refractivity contribution in [3.63, 3.8) is 0 Å². The van der Waals surface area contributed by atoms with E-state index >= 15 is 0 Å². The monoisotopic (exact) mass is 461 g/mol. The average molecular weight is 462 g/mol. The molecule has 0 aromatic heterocycles. The van der Waals surface area contributed by atoms with Gasteiger partial charge in [-0.3, -0.25) is 9.10 Å². The van der Waals surface area contributed by atoms with Crippen LogP contribution in [0.15, 0.2) is 83.8 Å². The van der Waals surface area contributed by atoms with Crippen molar-refractivity contribution in [1.82, 2.24) is 4.90 Å². The third-order valence-electron chi connectivity index (χ3n) is 5.59. The van der Waals surface area contributed by atoms with E-state index in [1.807, 2.05) is 32.0 Å². The van der Waals surface area contributed by atoms with Gasteiger partial charge in [0.1, 0.15) is 0 Å². The van der Waals surface area contributed by atoms with Crippen LogP contribution in [0.2, 0.25) is 0 Å². The van der Waals surface area contributed by atoms with Crippen LogP contribution in [-0.2, 0) is 10.0 Å². The number of benzene rings is 3. The molecule has 33 heavy (non-hydrogen) atoms. The highest BCUT2D eigenvalue weighted by atomic mass is 32.2. The number of rotatable bonds is 8. The molecule has 170 valence electrons. The lowest BCUT2D eigenvalue weighted by Crippen LogP contribution is -2.34. The maximum atomic E-state index is 13.4. The summed E-state index contributed by atoms with van der Waals surface area (Å²) in [5, 5.41) is 9.01. The largest absolute Gasteiger partial charge is 0.332 e. The van der Waals surface area contributed by atoms with Crippen LogP contribution in [0.5, 0.6) is 0 Å². The Morgan fingerprint density at radius 3 is 2.18 bits per heavy atom. The minimum atomic E-state index is -3.84. The number of hydrogen-bond acceptors (Lipinski definition) is 4. The number of nitrogens with zero attached hydrogens (tertiary/aromatic N) is 3. The molecular weight excluding hydrogens is 434 g/mol. The first kappa shape index (κ1) is 24.0. The molecule has 0 aliphatic carbocycles. The summed E-state index contributed by atoms with van der Waals surface area (Å²) in [6, 6.07) is 24.0. The van der Waals surface area contributed by atoms with Gasteiger partial charge >= 0.3 is 0 Å². The molecule has 6 nitrogen and oxygen atoms in total. The summed E-state index contributed by atoms with van der Waals surface area (Å²) in [5.74, 6) is -0.255. The molecule has 1 atom stereocenters. The number of carbonyl (C=O) groups is 1. The first-order chi connectivity index (χ1) is 15.8. The Kier molecular flexibility index (Phi) is 7.52. The molecule has 0 spiro atoms. The van der Waals surface area contributed by atoms with Crippen molar-refractivity contribution >= 4 is 21.6 Å². The van der Waals surface area contributed by atoms with E-state index in [9.17, 15) is 13.2 Å². The molecule has 0 aliphatic heterocycles. The van der Waals surface area contributed by atoms with Crippen molar-refractivity contribution in [3.8, 4) is 6.07 Å². The highest BCUT2D eigenvalue weighted by Crippen LogP contribution is 2.26. The van der Waals surface area contributed by atoms with Crippen LogP contribution < -0.4 is 4.31 Å². The molecular formula is C26H27N3O3S. The zero-order valence-electron chi connectivity index (χ0n) is 19.0. The number of nitriles is 1. The minimum absolute atomic E-state index is 0.0705. The number of hydrogen-bond donors (Lipinski definition) is 0. The lowest BCUT2D eigenvalue weighted by Gasteiger charge is -2.29. The molecule has 1 amide bonds. The predicted octanol–water partition coefficient (Wildman–Crippen LogP) is 5.00. The summed E-state index contributed by atoms with van der Waals surface area (Å²) in [7, 11) is -3.84. The van der Waals surface area contributed by atoms with Gasteiger partial charge in [0.15, 0.2) is 0 Å². The maximum Gasteiger partial charge on any atom is 0.264 e. The van der Waals surface area contributed by atoms with Gasteiger partial charge in [-0.2, -0.15) is 5.26 Å². The van der Waals surface area contributed by atoms with E-state index in [0.717, 1.165) is 5.56 Å². The van der Waals surface area contributed by atoms with Crippen LogP contribution in [0.1, 0.15) is 48.3 Å². The molecule has 0 saturated heterocycles. The summed E-state index contributed by atoms with van der Waals surface area (Å²) < 4.78 is 28.1. The van der Waals surface area contributed by atoms with Gasteiger partial charge in [0.25, 0.3) is 15.9 Å². The fourth-order valence-electron chi connectivity index (χ4n) is 3.78. The Labute approximate surface area is 195 Å². The van der Waals surface area contributed by atoms with Gasteiger partial charge in [-0.05, 0) is 68.8 Å². The number of anilines is 1. The Morgan fingerprint density at radius 2 is 1.61 bits per heavy atom. The topological polar surface area (TPSA) is 81.5 Å². The molecule has 0 saturated carbocycles. The van der Waals surface area contributed by atoms with Gasteiger partial charge in [-0.15, -0.1) is 0 Å². The Hall–Kier alpha value is -3.63. The number of amides is 1. The molecule has 3 aromatic carbocycles. The van der Waals surface area contributed by atoms with E-state index in [-0.39, 0.29) is 23.4 Å². The Bertz CT molecular complexity index is 1250. The van der Waals surface area contributed by atoms with E-state index < -0.39 is 10.0 Å². The third kappa shape index (κ3) is 5.07. The summed E-state index contributed by atoms with van der Waals surface area (Å²) in [4.78, 5) is 15.1. The fourth-order valence-corrected chi connectivity index (χ4v) is 5.30. The normalized spacial score (nSPS) is 11.9. The first-order valence-corrected chi connectivity index (χ1v) is 12.3. The second-order valence-corrected chi connectivity index (χ2v) is 9.40. The van der Waals surface area contributed by atoms with Crippen LogP contribution >= 0.6 is 0 Å². The van der Waals surface area contributed by atoms with Gasteiger partial charge < -0.3 is 4.90 Å². The second kappa shape index (κ2) is 10.3. The maximum absolute atomic E-state index is 13.4. The molecule has 0 aliphatic rings. The summed E-state index contributed by atoms with van der Waals surface area (Å²) >= 11 is 0. The van der Waals surface area contributed by atoms with E-state index in [0.29, 0.717) is 23.4 Å². The van der Waals surface area contributed by atoms with Crippen LogP contribution in [-0.4, -0.2) is 32.3 Å². The van der Waals surface area contributed by atoms with Crippen molar-refractivity contribution in [2.45, 2.75) is 31.7 Å². The number of carbonyl (C=O) groups excluding carboxylic acids is 1. The molecule has 7 heteroatoms. The first-order valence-electron chi connectivity index (χ1n) is 10.8. The minimum Gasteiger partial charge on any atom is -0.332 e. The van der Waals surface area contributed by atoms with Crippen molar-refractivity contribution in [1.29, 1.82) is 5.26 Å².